The van der Waals surface area contributed by atoms with Gasteiger partial charge in [-0.1, -0.05) is 0 Å². The topological polar surface area (TPSA) is 43.8 Å². The number of likely N-dealkylation sites (N-methyl/N-ethyl adjacent to an activating group) is 1. The van der Waals surface area contributed by atoms with Crippen LogP contribution in [-0.2, 0) is 17.8 Å². The summed E-state index contributed by atoms with van der Waals surface area (Å²) in [7, 11) is 2.00. The Labute approximate surface area is 125 Å². The third-order valence-corrected chi connectivity index (χ3v) is 4.79. The Morgan fingerprint density at radius 2 is 2.30 bits per heavy atom. The molecule has 0 unspecified atom stereocenters. The van der Waals surface area contributed by atoms with Gasteiger partial charge in [-0.25, -0.2) is 0 Å². The van der Waals surface area contributed by atoms with Crippen molar-refractivity contribution in [3.63, 3.8) is 0 Å². The number of rotatable bonds is 7. The van der Waals surface area contributed by atoms with Crippen molar-refractivity contribution in [3.05, 3.63) is 21.9 Å². The Bertz CT molecular complexity index is 433. The first-order valence-corrected chi connectivity index (χ1v) is 8.21. The normalized spacial score (nSPS) is 14.7. The van der Waals surface area contributed by atoms with Crippen molar-refractivity contribution in [2.24, 2.45) is 0 Å². The van der Waals surface area contributed by atoms with Crippen LogP contribution in [0.25, 0.3) is 0 Å². The summed E-state index contributed by atoms with van der Waals surface area (Å²) < 4.78 is 0. The van der Waals surface area contributed by atoms with Crippen molar-refractivity contribution in [2.75, 3.05) is 33.3 Å². The molecule has 1 aliphatic heterocycles. The minimum absolute atomic E-state index is 0.228. The van der Waals surface area contributed by atoms with Crippen LogP contribution in [0.5, 0.6) is 0 Å². The van der Waals surface area contributed by atoms with Crippen LogP contribution in [0.1, 0.15) is 29.7 Å². The molecular formula is C15H24N2O2S. The summed E-state index contributed by atoms with van der Waals surface area (Å²) in [5, 5.41) is 10.9. The molecule has 0 radical (unpaired) electrons. The molecule has 0 fully saturated rings. The van der Waals surface area contributed by atoms with E-state index in [1.54, 1.807) is 11.3 Å². The zero-order valence-corrected chi connectivity index (χ0v) is 13.0. The molecule has 2 heterocycles. The van der Waals surface area contributed by atoms with E-state index in [2.05, 4.69) is 16.3 Å². The fourth-order valence-corrected chi connectivity index (χ4v) is 3.43. The summed E-state index contributed by atoms with van der Waals surface area (Å²) in [6, 6.07) is 2.14. The van der Waals surface area contributed by atoms with E-state index in [-0.39, 0.29) is 12.5 Å². The number of hydrogen-bond donors (Lipinski definition) is 1. The van der Waals surface area contributed by atoms with E-state index >= 15 is 0 Å². The lowest BCUT2D eigenvalue weighted by atomic mass is 10.1. The van der Waals surface area contributed by atoms with Crippen molar-refractivity contribution in [2.45, 2.75) is 32.2 Å². The van der Waals surface area contributed by atoms with E-state index in [1.165, 1.54) is 10.4 Å². The first-order chi connectivity index (χ1) is 9.70. The molecule has 20 heavy (non-hydrogen) atoms. The molecule has 0 aliphatic carbocycles. The van der Waals surface area contributed by atoms with Gasteiger partial charge in [0.15, 0.2) is 0 Å². The van der Waals surface area contributed by atoms with Crippen LogP contribution in [0.2, 0.25) is 0 Å². The minimum atomic E-state index is 0.228. The van der Waals surface area contributed by atoms with Gasteiger partial charge in [-0.3, -0.25) is 9.69 Å². The molecule has 112 valence electrons. The molecule has 0 spiro atoms. The third-order valence-electron chi connectivity index (χ3n) is 3.76. The van der Waals surface area contributed by atoms with Crippen LogP contribution in [-0.4, -0.2) is 54.1 Å². The van der Waals surface area contributed by atoms with Crippen molar-refractivity contribution < 1.29 is 9.90 Å². The molecule has 0 saturated heterocycles. The Hall–Kier alpha value is -0.910. The van der Waals surface area contributed by atoms with Crippen LogP contribution < -0.4 is 0 Å². The molecule has 1 aromatic rings. The van der Waals surface area contributed by atoms with Crippen LogP contribution in [0.4, 0.5) is 0 Å². The van der Waals surface area contributed by atoms with Gasteiger partial charge in [-0.15, -0.1) is 11.3 Å². The molecule has 4 nitrogen and oxygen atoms in total. The highest BCUT2D eigenvalue weighted by molar-refractivity contribution is 7.10. The lowest BCUT2D eigenvalue weighted by Crippen LogP contribution is -2.41. The predicted molar refractivity (Wildman–Crippen MR) is 81.9 cm³/mol. The van der Waals surface area contributed by atoms with Crippen LogP contribution in [0.3, 0.4) is 0 Å². The second kappa shape index (κ2) is 7.76. The molecule has 5 heteroatoms. The summed E-state index contributed by atoms with van der Waals surface area (Å²) in [5.41, 5.74) is 1.32. The molecule has 2 rings (SSSR count). The summed E-state index contributed by atoms with van der Waals surface area (Å²) in [5.74, 6) is 0.228. The van der Waals surface area contributed by atoms with Crippen LogP contribution in [0, 0.1) is 0 Å². The molecule has 1 aliphatic rings. The van der Waals surface area contributed by atoms with E-state index in [4.69, 9.17) is 5.11 Å². The number of nitrogens with zero attached hydrogens (tertiary/aromatic N) is 2. The smallest absolute Gasteiger partial charge is 0.237 e. The molecule has 0 aromatic carbocycles. The van der Waals surface area contributed by atoms with Crippen molar-refractivity contribution >= 4 is 17.2 Å². The first-order valence-electron chi connectivity index (χ1n) is 7.33. The second-order valence-corrected chi connectivity index (χ2v) is 6.46. The highest BCUT2D eigenvalue weighted by Gasteiger charge is 2.21. The maximum Gasteiger partial charge on any atom is 0.237 e. The minimum Gasteiger partial charge on any atom is -0.396 e. The standard InChI is InChI=1S/C15H24N2O2S/c1-16(7-3-2-4-9-18)12-15(19)17-8-5-14-13(11-17)6-10-20-14/h6,10,18H,2-5,7-9,11-12H2,1H3. The highest BCUT2D eigenvalue weighted by atomic mass is 32.1. The predicted octanol–water partition coefficient (Wildman–Crippen LogP) is 1.73. The quantitative estimate of drug-likeness (QED) is 0.779. The molecule has 1 amide bonds. The van der Waals surface area contributed by atoms with Gasteiger partial charge < -0.3 is 10.0 Å². The first kappa shape index (κ1) is 15.5. The number of thiophene rings is 1. The molecular weight excluding hydrogens is 272 g/mol. The van der Waals surface area contributed by atoms with Gasteiger partial charge in [-0.2, -0.15) is 0 Å². The number of unbranched alkanes of at least 4 members (excludes halogenated alkanes) is 2. The molecule has 0 saturated carbocycles. The summed E-state index contributed by atoms with van der Waals surface area (Å²) >= 11 is 1.80. The maximum atomic E-state index is 12.3. The number of carbonyl (C=O) groups excluding carboxylic acids is 1. The number of carbonyl (C=O) groups is 1. The van der Waals surface area contributed by atoms with Crippen LogP contribution in [0.15, 0.2) is 11.4 Å². The van der Waals surface area contributed by atoms with Crippen molar-refractivity contribution in [3.8, 4) is 0 Å². The van der Waals surface area contributed by atoms with Gasteiger partial charge in [-0.05, 0) is 56.3 Å². The highest BCUT2D eigenvalue weighted by Crippen LogP contribution is 2.23. The van der Waals surface area contributed by atoms with Gasteiger partial charge in [0.05, 0.1) is 6.54 Å². The fourth-order valence-electron chi connectivity index (χ4n) is 2.54. The number of hydrogen-bond acceptors (Lipinski definition) is 4. The average molecular weight is 296 g/mol. The molecule has 1 N–H and O–H groups in total. The largest absolute Gasteiger partial charge is 0.396 e. The van der Waals surface area contributed by atoms with E-state index in [0.717, 1.165) is 45.3 Å². The summed E-state index contributed by atoms with van der Waals surface area (Å²) in [6.07, 6.45) is 3.92. The zero-order chi connectivity index (χ0) is 14.4. The lowest BCUT2D eigenvalue weighted by molar-refractivity contribution is -0.133. The van der Waals surface area contributed by atoms with Gasteiger partial charge >= 0.3 is 0 Å². The molecule has 1 aromatic heterocycles. The number of aliphatic hydroxyl groups is 1. The average Bonchev–Trinajstić information content (AvgIpc) is 2.90. The SMILES string of the molecule is CN(CCCCCO)CC(=O)N1CCc2sccc2C1. The summed E-state index contributed by atoms with van der Waals surface area (Å²) in [4.78, 5) is 17.8. The fraction of sp³-hybridized carbons (Fsp3) is 0.667. The van der Waals surface area contributed by atoms with Crippen molar-refractivity contribution in [1.29, 1.82) is 0 Å². The Kier molecular flexibility index (Phi) is 6.01. The monoisotopic (exact) mass is 296 g/mol. The Morgan fingerprint density at radius 1 is 1.45 bits per heavy atom. The van der Waals surface area contributed by atoms with Gasteiger partial charge in [0.2, 0.25) is 5.91 Å². The van der Waals surface area contributed by atoms with E-state index in [0.29, 0.717) is 6.54 Å². The third kappa shape index (κ3) is 4.30. The summed E-state index contributed by atoms with van der Waals surface area (Å²) in [6.45, 7) is 3.31. The zero-order valence-electron chi connectivity index (χ0n) is 12.2. The second-order valence-electron chi connectivity index (χ2n) is 5.46. The number of fused-ring (bicyclic) bond motifs is 1. The van der Waals surface area contributed by atoms with Gasteiger partial charge in [0, 0.05) is 24.6 Å². The van der Waals surface area contributed by atoms with Gasteiger partial charge in [0.1, 0.15) is 0 Å². The van der Waals surface area contributed by atoms with E-state index in [9.17, 15) is 4.79 Å². The number of aliphatic hydroxyl groups excluding tert-OH is 1. The van der Waals surface area contributed by atoms with Crippen molar-refractivity contribution in [1.82, 2.24) is 9.80 Å². The molecule has 0 atom stereocenters. The Morgan fingerprint density at radius 3 is 3.10 bits per heavy atom. The maximum absolute atomic E-state index is 12.3. The van der Waals surface area contributed by atoms with E-state index in [1.807, 2.05) is 11.9 Å². The number of amides is 1. The van der Waals surface area contributed by atoms with Crippen LogP contribution >= 0.6 is 11.3 Å². The Balaban J connectivity index is 1.72. The van der Waals surface area contributed by atoms with E-state index < -0.39 is 0 Å². The van der Waals surface area contributed by atoms with Gasteiger partial charge in [0.25, 0.3) is 0 Å². The lowest BCUT2D eigenvalue weighted by Gasteiger charge is -2.29. The molecule has 0 bridgehead atoms.